The zero-order valence-corrected chi connectivity index (χ0v) is 15.9. The second-order valence-corrected chi connectivity index (χ2v) is 8.25. The molecule has 0 radical (unpaired) electrons. The van der Waals surface area contributed by atoms with E-state index in [1.807, 2.05) is 0 Å². The Labute approximate surface area is 166 Å². The predicted molar refractivity (Wildman–Crippen MR) is 95.9 cm³/mol. The number of aromatic nitrogens is 2. The molecule has 7 nitrogen and oxygen atoms in total. The maximum atomic E-state index is 13.0. The second-order valence-electron chi connectivity index (χ2n) is 8.25. The summed E-state index contributed by atoms with van der Waals surface area (Å²) < 4.78 is 43.8. The van der Waals surface area contributed by atoms with Crippen LogP contribution < -0.4 is 5.32 Å². The smallest absolute Gasteiger partial charge is 0.396 e. The maximum Gasteiger partial charge on any atom is 0.396 e. The number of cyclic esters (lactones) is 1. The monoisotopic (exact) mass is 412 g/mol. The molecule has 158 valence electrons. The quantitative estimate of drug-likeness (QED) is 0.693. The fraction of sp³-hybridized carbons (Fsp3) is 0.684. The lowest BCUT2D eigenvalue weighted by atomic mass is 9.95. The fourth-order valence-corrected chi connectivity index (χ4v) is 3.72. The number of likely N-dealkylation sites (tertiary alicyclic amines) is 1. The lowest BCUT2D eigenvalue weighted by Gasteiger charge is -2.39. The van der Waals surface area contributed by atoms with E-state index in [0.29, 0.717) is 44.8 Å². The number of nitrogens with zero attached hydrogens (tertiary/aromatic N) is 3. The van der Waals surface area contributed by atoms with Gasteiger partial charge in [0.15, 0.2) is 0 Å². The third kappa shape index (κ3) is 4.30. The molecule has 29 heavy (non-hydrogen) atoms. The van der Waals surface area contributed by atoms with Crippen LogP contribution in [-0.2, 0) is 14.3 Å². The Morgan fingerprint density at radius 2 is 2.03 bits per heavy atom. The number of hydrogen-bond acceptors (Lipinski definition) is 6. The van der Waals surface area contributed by atoms with Gasteiger partial charge in [-0.25, -0.2) is 4.98 Å². The number of alkyl halides is 3. The first-order valence-corrected chi connectivity index (χ1v) is 9.82. The molecule has 0 spiro atoms. The Morgan fingerprint density at radius 3 is 2.59 bits per heavy atom. The van der Waals surface area contributed by atoms with Gasteiger partial charge in [0.2, 0.25) is 5.91 Å². The van der Waals surface area contributed by atoms with Crippen LogP contribution in [0.3, 0.4) is 0 Å². The number of carbonyl (C=O) groups is 2. The maximum absolute atomic E-state index is 13.0. The van der Waals surface area contributed by atoms with E-state index in [-0.39, 0.29) is 43.1 Å². The molecule has 2 aliphatic heterocycles. The molecule has 1 aromatic heterocycles. The second kappa shape index (κ2) is 7.46. The third-order valence-electron chi connectivity index (χ3n) is 6.09. The van der Waals surface area contributed by atoms with Crippen LogP contribution >= 0.6 is 0 Å². The first kappa shape index (κ1) is 19.9. The number of ether oxygens (including phenoxy) is 1. The molecule has 1 saturated carbocycles. The minimum atomic E-state index is -4.20. The van der Waals surface area contributed by atoms with E-state index >= 15 is 0 Å². The minimum Gasteiger partial charge on any atom is -0.465 e. The van der Waals surface area contributed by atoms with E-state index in [1.54, 1.807) is 11.1 Å². The van der Waals surface area contributed by atoms with Crippen molar-refractivity contribution in [2.45, 2.75) is 44.2 Å². The van der Waals surface area contributed by atoms with Crippen molar-refractivity contribution in [3.05, 3.63) is 18.1 Å². The third-order valence-corrected chi connectivity index (χ3v) is 6.09. The van der Waals surface area contributed by atoms with E-state index in [2.05, 4.69) is 15.3 Å². The summed E-state index contributed by atoms with van der Waals surface area (Å²) in [6.07, 6.45) is 0.517. The number of esters is 1. The summed E-state index contributed by atoms with van der Waals surface area (Å²) in [4.78, 5) is 33.5. The molecule has 1 aromatic rings. The van der Waals surface area contributed by atoms with E-state index in [1.165, 1.54) is 6.20 Å². The summed E-state index contributed by atoms with van der Waals surface area (Å²) in [5.74, 6) is 0.385. The van der Waals surface area contributed by atoms with Crippen LogP contribution in [0.1, 0.15) is 43.7 Å². The van der Waals surface area contributed by atoms with E-state index < -0.39 is 11.6 Å². The highest BCUT2D eigenvalue weighted by molar-refractivity contribution is 5.77. The summed E-state index contributed by atoms with van der Waals surface area (Å²) in [6, 6.07) is 0. The van der Waals surface area contributed by atoms with Gasteiger partial charge in [-0.15, -0.1) is 0 Å². The van der Waals surface area contributed by atoms with Crippen LogP contribution in [0.15, 0.2) is 12.4 Å². The van der Waals surface area contributed by atoms with Gasteiger partial charge in [0.1, 0.15) is 5.82 Å². The molecule has 0 unspecified atom stereocenters. The highest BCUT2D eigenvalue weighted by Crippen LogP contribution is 2.57. The largest absolute Gasteiger partial charge is 0.465 e. The number of nitrogens with one attached hydrogen (secondary N) is 1. The first-order valence-electron chi connectivity index (χ1n) is 9.82. The molecular formula is C19H23F3N4O3. The summed E-state index contributed by atoms with van der Waals surface area (Å²) in [5, 5.41) is 2.74. The standard InChI is InChI=1S/C19H23F3N4O3/c20-19(21,22)18(3-4-18)11-25-15-7-23-14(6-24-15)13-8-26(9-13)16(27)2-1-12-5-17(28)29-10-12/h6-7,12-13H,1-5,8-11H2,(H,24,25)/t12-/m0/s1. The van der Waals surface area contributed by atoms with Gasteiger partial charge in [-0.3, -0.25) is 14.6 Å². The molecule has 3 heterocycles. The average Bonchev–Trinajstić information content (AvgIpc) is 3.33. The molecule has 3 fully saturated rings. The molecule has 3 aliphatic rings. The van der Waals surface area contributed by atoms with Crippen LogP contribution in [0.5, 0.6) is 0 Å². The number of anilines is 1. The number of carbonyl (C=O) groups excluding carboxylic acids is 2. The van der Waals surface area contributed by atoms with E-state index in [4.69, 9.17) is 4.74 Å². The van der Waals surface area contributed by atoms with Crippen LogP contribution in [0.2, 0.25) is 0 Å². The summed E-state index contributed by atoms with van der Waals surface area (Å²) in [7, 11) is 0. The van der Waals surface area contributed by atoms with Crippen molar-refractivity contribution >= 4 is 17.7 Å². The minimum absolute atomic E-state index is 0.0497. The molecule has 1 N–H and O–H groups in total. The Bertz CT molecular complexity index is 774. The molecule has 0 bridgehead atoms. The Morgan fingerprint density at radius 1 is 1.28 bits per heavy atom. The molecule has 4 rings (SSSR count). The number of rotatable bonds is 7. The van der Waals surface area contributed by atoms with Crippen molar-refractivity contribution in [1.29, 1.82) is 0 Å². The highest BCUT2D eigenvalue weighted by atomic mass is 19.4. The average molecular weight is 412 g/mol. The lowest BCUT2D eigenvalue weighted by molar-refractivity contribution is -0.182. The van der Waals surface area contributed by atoms with Gasteiger partial charge >= 0.3 is 12.1 Å². The van der Waals surface area contributed by atoms with E-state index in [0.717, 1.165) is 5.69 Å². The van der Waals surface area contributed by atoms with Gasteiger partial charge in [-0.1, -0.05) is 0 Å². The predicted octanol–water partition coefficient (Wildman–Crippen LogP) is 2.50. The summed E-state index contributed by atoms with van der Waals surface area (Å²) in [6.45, 7) is 1.32. The van der Waals surface area contributed by atoms with Crippen molar-refractivity contribution in [2.75, 3.05) is 31.6 Å². The zero-order chi connectivity index (χ0) is 20.6. The molecule has 1 atom stereocenters. The highest BCUT2D eigenvalue weighted by Gasteiger charge is 2.62. The van der Waals surface area contributed by atoms with Crippen molar-refractivity contribution in [2.24, 2.45) is 11.3 Å². The van der Waals surface area contributed by atoms with Gasteiger partial charge in [0, 0.05) is 37.9 Å². The van der Waals surface area contributed by atoms with Crippen molar-refractivity contribution in [3.63, 3.8) is 0 Å². The van der Waals surface area contributed by atoms with Crippen LogP contribution in [0, 0.1) is 11.3 Å². The molecule has 2 saturated heterocycles. The van der Waals surface area contributed by atoms with Gasteiger partial charge in [-0.05, 0) is 19.3 Å². The number of hydrogen-bond donors (Lipinski definition) is 1. The Balaban J connectivity index is 1.20. The van der Waals surface area contributed by atoms with Crippen LogP contribution in [0.25, 0.3) is 0 Å². The van der Waals surface area contributed by atoms with Gasteiger partial charge in [0.05, 0.1) is 36.5 Å². The fourth-order valence-electron chi connectivity index (χ4n) is 3.72. The Kier molecular flexibility index (Phi) is 5.12. The Hall–Kier alpha value is -2.39. The van der Waals surface area contributed by atoms with Crippen molar-refractivity contribution in [3.8, 4) is 0 Å². The lowest BCUT2D eigenvalue weighted by Crippen LogP contribution is -2.48. The van der Waals surface area contributed by atoms with Crippen molar-refractivity contribution < 1.29 is 27.5 Å². The summed E-state index contributed by atoms with van der Waals surface area (Å²) >= 11 is 0. The van der Waals surface area contributed by atoms with Crippen LogP contribution in [-0.4, -0.2) is 59.2 Å². The van der Waals surface area contributed by atoms with Crippen molar-refractivity contribution in [1.82, 2.24) is 14.9 Å². The van der Waals surface area contributed by atoms with Crippen LogP contribution in [0.4, 0.5) is 19.0 Å². The van der Waals surface area contributed by atoms with Gasteiger partial charge < -0.3 is 15.0 Å². The number of amides is 1. The first-order chi connectivity index (χ1) is 13.8. The molecule has 10 heteroatoms. The summed E-state index contributed by atoms with van der Waals surface area (Å²) in [5.41, 5.74) is -0.897. The van der Waals surface area contributed by atoms with Gasteiger partial charge in [0.25, 0.3) is 0 Å². The normalized spacial score (nSPS) is 23.5. The number of halogens is 3. The van der Waals surface area contributed by atoms with E-state index in [9.17, 15) is 22.8 Å². The topological polar surface area (TPSA) is 84.4 Å². The molecule has 0 aromatic carbocycles. The SMILES string of the molecule is O=C1C[C@H](CCC(=O)N2CC(c3cnc(NCC4(C(F)(F)F)CC4)cn3)C2)CO1. The molecular weight excluding hydrogens is 389 g/mol. The zero-order valence-electron chi connectivity index (χ0n) is 15.9. The molecule has 1 amide bonds. The molecule has 1 aliphatic carbocycles. The van der Waals surface area contributed by atoms with Gasteiger partial charge in [-0.2, -0.15) is 13.2 Å².